The average Bonchev–Trinajstić information content (AvgIpc) is 3.33. The first-order chi connectivity index (χ1) is 16.6. The van der Waals surface area contributed by atoms with E-state index >= 15 is 0 Å². The molecule has 1 aromatic heterocycles. The molecule has 0 unspecified atom stereocenters. The highest BCUT2D eigenvalue weighted by atomic mass is 16.7. The van der Waals surface area contributed by atoms with E-state index in [4.69, 9.17) is 19.2 Å². The molecule has 0 bridgehead atoms. The predicted molar refractivity (Wildman–Crippen MR) is 129 cm³/mol. The highest BCUT2D eigenvalue weighted by Crippen LogP contribution is 2.38. The van der Waals surface area contributed by atoms with E-state index in [-0.39, 0.29) is 19.3 Å². The number of aromatic nitrogens is 1. The zero-order valence-corrected chi connectivity index (χ0v) is 18.6. The van der Waals surface area contributed by atoms with Crippen molar-refractivity contribution in [1.82, 2.24) is 10.3 Å². The van der Waals surface area contributed by atoms with Crippen LogP contribution in [0.4, 0.5) is 0 Å². The Bertz CT molecular complexity index is 1330. The second-order valence-corrected chi connectivity index (χ2v) is 8.14. The lowest BCUT2D eigenvalue weighted by molar-refractivity contribution is -0.124. The summed E-state index contributed by atoms with van der Waals surface area (Å²) in [5, 5.41) is 3.34. The Labute approximate surface area is 197 Å². The van der Waals surface area contributed by atoms with Gasteiger partial charge in [0.25, 0.3) is 5.91 Å². The van der Waals surface area contributed by atoms with Crippen LogP contribution in [-0.4, -0.2) is 36.8 Å². The molecule has 2 aliphatic rings. The molecule has 1 N–H and O–H groups in total. The van der Waals surface area contributed by atoms with E-state index in [2.05, 4.69) is 18.0 Å². The number of nitrogens with one attached hydrogen (secondary N) is 1. The van der Waals surface area contributed by atoms with E-state index in [0.29, 0.717) is 24.0 Å². The summed E-state index contributed by atoms with van der Waals surface area (Å²) < 4.78 is 16.3. The molecule has 1 aliphatic carbocycles. The Morgan fingerprint density at radius 2 is 1.97 bits per heavy atom. The molecule has 172 valence electrons. The maximum atomic E-state index is 13.2. The monoisotopic (exact) mass is 456 g/mol. The number of esters is 1. The number of allylic oxidation sites excluding steroid dienone is 1. The van der Waals surface area contributed by atoms with Crippen molar-refractivity contribution in [2.75, 3.05) is 19.9 Å². The van der Waals surface area contributed by atoms with Crippen molar-refractivity contribution >= 4 is 34.4 Å². The van der Waals surface area contributed by atoms with E-state index in [0.717, 1.165) is 52.1 Å². The number of hydrogen-bond donors (Lipinski definition) is 1. The fourth-order valence-corrected chi connectivity index (χ4v) is 4.35. The van der Waals surface area contributed by atoms with Gasteiger partial charge in [0.15, 0.2) is 18.1 Å². The van der Waals surface area contributed by atoms with E-state index < -0.39 is 5.97 Å². The molecule has 0 saturated heterocycles. The Balaban J connectivity index is 1.53. The van der Waals surface area contributed by atoms with Crippen LogP contribution in [0.1, 0.15) is 40.0 Å². The molecule has 1 amide bonds. The van der Waals surface area contributed by atoms with Crippen molar-refractivity contribution in [3.05, 3.63) is 77.5 Å². The molecule has 7 nitrogen and oxygen atoms in total. The smallest absolute Gasteiger partial charge is 0.339 e. The molecular weight excluding hydrogens is 432 g/mol. The third-order valence-electron chi connectivity index (χ3n) is 5.89. The van der Waals surface area contributed by atoms with Gasteiger partial charge in [0, 0.05) is 11.9 Å². The Kier molecular flexibility index (Phi) is 5.99. The van der Waals surface area contributed by atoms with Crippen LogP contribution in [-0.2, 0) is 16.0 Å². The number of nitrogens with zero attached hydrogens (tertiary/aromatic N) is 1. The van der Waals surface area contributed by atoms with Gasteiger partial charge in [0.1, 0.15) is 0 Å². The number of pyridine rings is 1. The lowest BCUT2D eigenvalue weighted by Crippen LogP contribution is -2.29. The first-order valence-electron chi connectivity index (χ1n) is 11.2. The van der Waals surface area contributed by atoms with Crippen molar-refractivity contribution < 1.29 is 23.8 Å². The summed E-state index contributed by atoms with van der Waals surface area (Å²) in [6, 6.07) is 13.3. The molecule has 1 aliphatic heterocycles. The van der Waals surface area contributed by atoms with Crippen molar-refractivity contribution in [1.29, 1.82) is 0 Å². The minimum atomic E-state index is -0.520. The summed E-state index contributed by atoms with van der Waals surface area (Å²) in [5.74, 6) is 0.560. The standard InChI is InChI=1S/C27H24N2O5/c1-2-12-28-24(30)15-32-27(31)25-19-7-3-4-9-21(19)29-26-18(6-5-8-20(25)26)13-17-10-11-22-23(14-17)34-16-33-22/h2-4,7,9-11,13-14H,1,5-6,8,12,15-16H2,(H,28,30)/b18-13+. The topological polar surface area (TPSA) is 86.8 Å². The molecule has 34 heavy (non-hydrogen) atoms. The Morgan fingerprint density at radius 3 is 2.85 bits per heavy atom. The Hall–Kier alpha value is -4.13. The SMILES string of the molecule is C=CCNC(=O)COC(=O)c1c2c(nc3ccccc13)/C(=C/c1ccc3c(c1)OCO3)CCC2. The summed E-state index contributed by atoms with van der Waals surface area (Å²) in [5.41, 5.74) is 4.86. The van der Waals surface area contributed by atoms with Gasteiger partial charge in [-0.3, -0.25) is 4.79 Å². The minimum absolute atomic E-state index is 0.225. The van der Waals surface area contributed by atoms with E-state index in [1.54, 1.807) is 6.08 Å². The molecule has 7 heteroatoms. The van der Waals surface area contributed by atoms with Crippen molar-refractivity contribution in [2.24, 2.45) is 0 Å². The second kappa shape index (κ2) is 9.39. The second-order valence-electron chi connectivity index (χ2n) is 8.14. The van der Waals surface area contributed by atoms with Crippen LogP contribution in [0.25, 0.3) is 22.6 Å². The zero-order valence-electron chi connectivity index (χ0n) is 18.6. The molecule has 0 atom stereocenters. The van der Waals surface area contributed by atoms with Crippen LogP contribution in [0.3, 0.4) is 0 Å². The summed E-state index contributed by atoms with van der Waals surface area (Å²) >= 11 is 0. The third-order valence-corrected chi connectivity index (χ3v) is 5.89. The quantitative estimate of drug-likeness (QED) is 0.440. The first-order valence-corrected chi connectivity index (χ1v) is 11.2. The van der Waals surface area contributed by atoms with Gasteiger partial charge in [0.2, 0.25) is 6.79 Å². The van der Waals surface area contributed by atoms with E-state index in [1.165, 1.54) is 0 Å². The molecule has 0 radical (unpaired) electrons. The molecule has 0 saturated carbocycles. The summed E-state index contributed by atoms with van der Waals surface area (Å²) in [4.78, 5) is 30.1. The fraction of sp³-hybridized carbons (Fsp3) is 0.222. The molecule has 2 aromatic carbocycles. The third kappa shape index (κ3) is 4.24. The van der Waals surface area contributed by atoms with Crippen LogP contribution in [0, 0.1) is 0 Å². The number of ether oxygens (including phenoxy) is 3. The van der Waals surface area contributed by atoms with Crippen LogP contribution in [0.15, 0.2) is 55.1 Å². The number of rotatable bonds is 6. The lowest BCUT2D eigenvalue weighted by atomic mass is 9.86. The molecule has 2 heterocycles. The van der Waals surface area contributed by atoms with Crippen molar-refractivity contribution in [3.63, 3.8) is 0 Å². The zero-order chi connectivity index (χ0) is 23.5. The van der Waals surface area contributed by atoms with Crippen LogP contribution in [0.2, 0.25) is 0 Å². The normalized spacial score (nSPS) is 15.1. The summed E-state index contributed by atoms with van der Waals surface area (Å²) in [6.45, 7) is 3.76. The van der Waals surface area contributed by atoms with Crippen LogP contribution < -0.4 is 14.8 Å². The number of carbonyl (C=O) groups is 2. The number of benzene rings is 2. The molecule has 5 rings (SSSR count). The molecule has 0 fully saturated rings. The van der Waals surface area contributed by atoms with Crippen molar-refractivity contribution in [2.45, 2.75) is 19.3 Å². The minimum Gasteiger partial charge on any atom is -0.454 e. The molecule has 3 aromatic rings. The first kappa shape index (κ1) is 21.7. The maximum Gasteiger partial charge on any atom is 0.339 e. The van der Waals surface area contributed by atoms with E-state index in [1.807, 2.05) is 42.5 Å². The van der Waals surface area contributed by atoms with Crippen LogP contribution >= 0.6 is 0 Å². The maximum absolute atomic E-state index is 13.2. The van der Waals surface area contributed by atoms with Gasteiger partial charge >= 0.3 is 5.97 Å². The summed E-state index contributed by atoms with van der Waals surface area (Å²) in [6.07, 6.45) is 6.08. The number of para-hydroxylation sites is 1. The number of amides is 1. The number of hydrogen-bond acceptors (Lipinski definition) is 6. The highest BCUT2D eigenvalue weighted by molar-refractivity contribution is 6.07. The van der Waals surface area contributed by atoms with Crippen LogP contribution in [0.5, 0.6) is 11.5 Å². The molecular formula is C27H24N2O5. The van der Waals surface area contributed by atoms with Gasteiger partial charge in [-0.2, -0.15) is 0 Å². The lowest BCUT2D eigenvalue weighted by Gasteiger charge is -2.22. The van der Waals surface area contributed by atoms with Crippen molar-refractivity contribution in [3.8, 4) is 11.5 Å². The van der Waals surface area contributed by atoms with Gasteiger partial charge in [-0.05, 0) is 60.2 Å². The predicted octanol–water partition coefficient (Wildman–Crippen LogP) is 4.30. The Morgan fingerprint density at radius 1 is 1.12 bits per heavy atom. The highest BCUT2D eigenvalue weighted by Gasteiger charge is 2.26. The van der Waals surface area contributed by atoms with Gasteiger partial charge in [-0.15, -0.1) is 6.58 Å². The molecule has 0 spiro atoms. The van der Waals surface area contributed by atoms with E-state index in [9.17, 15) is 9.59 Å². The number of carbonyl (C=O) groups excluding carboxylic acids is 2. The fourth-order valence-electron chi connectivity index (χ4n) is 4.35. The number of fused-ring (bicyclic) bond motifs is 3. The van der Waals surface area contributed by atoms with Gasteiger partial charge in [-0.25, -0.2) is 9.78 Å². The summed E-state index contributed by atoms with van der Waals surface area (Å²) in [7, 11) is 0. The van der Waals surface area contributed by atoms with Gasteiger partial charge in [0.05, 0.1) is 16.8 Å². The van der Waals surface area contributed by atoms with Gasteiger partial charge < -0.3 is 19.5 Å². The average molecular weight is 456 g/mol. The largest absolute Gasteiger partial charge is 0.454 e. The van der Waals surface area contributed by atoms with Gasteiger partial charge in [-0.1, -0.05) is 30.3 Å².